The summed E-state index contributed by atoms with van der Waals surface area (Å²) in [6.45, 7) is 2.91. The lowest BCUT2D eigenvalue weighted by molar-refractivity contribution is -0.147. The Kier molecular flexibility index (Phi) is 7.67. The van der Waals surface area contributed by atoms with Gasteiger partial charge in [-0.1, -0.05) is 0 Å². The van der Waals surface area contributed by atoms with Crippen LogP contribution in [0, 0.1) is 5.82 Å². The number of piperidine rings is 1. The van der Waals surface area contributed by atoms with Crippen molar-refractivity contribution in [1.29, 1.82) is 0 Å². The Bertz CT molecular complexity index is 1420. The second kappa shape index (κ2) is 11.6. The zero-order valence-electron chi connectivity index (χ0n) is 21.2. The van der Waals surface area contributed by atoms with Gasteiger partial charge in [0.05, 0.1) is 11.9 Å². The number of carbonyl (C=O) groups is 2. The third-order valence-electron chi connectivity index (χ3n) is 6.07. The number of nitrogens with one attached hydrogen (secondary N) is 2. The average molecular weight is 531 g/mol. The maximum Gasteiger partial charge on any atom is 0.346 e. The Balaban J connectivity index is 1.12. The summed E-state index contributed by atoms with van der Waals surface area (Å²) in [7, 11) is 0. The summed E-state index contributed by atoms with van der Waals surface area (Å²) in [6, 6.07) is 17.8. The Labute approximate surface area is 224 Å². The summed E-state index contributed by atoms with van der Waals surface area (Å²) in [6.07, 6.45) is 4.61. The molecule has 39 heavy (non-hydrogen) atoms. The summed E-state index contributed by atoms with van der Waals surface area (Å²) < 4.78 is 25.2. The van der Waals surface area contributed by atoms with Gasteiger partial charge >= 0.3 is 12.0 Å². The summed E-state index contributed by atoms with van der Waals surface area (Å²) in [5, 5.41) is 10.2. The van der Waals surface area contributed by atoms with E-state index in [1.165, 1.54) is 23.7 Å². The van der Waals surface area contributed by atoms with Gasteiger partial charge in [-0.15, -0.1) is 5.10 Å². The van der Waals surface area contributed by atoms with Gasteiger partial charge in [-0.2, -0.15) is 4.68 Å². The van der Waals surface area contributed by atoms with Gasteiger partial charge in [0.25, 0.3) is 0 Å². The molecule has 1 saturated heterocycles. The minimum absolute atomic E-state index is 0.0491. The number of ether oxygens (including phenoxy) is 2. The lowest BCUT2D eigenvalue weighted by atomic mass is 10.1. The highest BCUT2D eigenvalue weighted by molar-refractivity contribution is 5.90. The highest BCUT2D eigenvalue weighted by Crippen LogP contribution is 2.25. The quantitative estimate of drug-likeness (QED) is 0.299. The number of esters is 1. The van der Waals surface area contributed by atoms with Crippen LogP contribution in [0.2, 0.25) is 0 Å². The molecule has 1 aliphatic heterocycles. The lowest BCUT2D eigenvalue weighted by Crippen LogP contribution is -2.38. The molecule has 1 aliphatic rings. The fourth-order valence-electron chi connectivity index (χ4n) is 4.16. The molecule has 2 N–H and O–H groups in total. The van der Waals surface area contributed by atoms with Crippen molar-refractivity contribution < 1.29 is 23.5 Å². The lowest BCUT2D eigenvalue weighted by Gasteiger charge is -2.32. The molecule has 11 heteroatoms. The van der Waals surface area contributed by atoms with E-state index in [2.05, 4.69) is 25.6 Å². The normalized spacial score (nSPS) is 13.5. The van der Waals surface area contributed by atoms with Gasteiger partial charge in [0, 0.05) is 50.8 Å². The second-order valence-corrected chi connectivity index (χ2v) is 8.98. The van der Waals surface area contributed by atoms with E-state index in [4.69, 9.17) is 9.47 Å². The van der Waals surface area contributed by atoms with Crippen LogP contribution in [0.25, 0.3) is 0 Å². The van der Waals surface area contributed by atoms with Crippen molar-refractivity contribution in [3.63, 3.8) is 0 Å². The summed E-state index contributed by atoms with van der Waals surface area (Å²) in [5.41, 5.74) is 1.30. The first-order valence-corrected chi connectivity index (χ1v) is 12.5. The number of halogens is 1. The molecule has 0 aliphatic carbocycles. The number of hydrogen-bond acceptors (Lipinski definition) is 8. The number of benzene rings is 2. The van der Waals surface area contributed by atoms with Gasteiger partial charge in [-0.25, -0.2) is 14.2 Å². The van der Waals surface area contributed by atoms with Crippen molar-refractivity contribution in [1.82, 2.24) is 14.8 Å². The van der Waals surface area contributed by atoms with Crippen LogP contribution in [0.3, 0.4) is 0 Å². The molecule has 0 spiro atoms. The van der Waals surface area contributed by atoms with E-state index < -0.39 is 6.03 Å². The Morgan fingerprint density at radius 2 is 1.59 bits per heavy atom. The number of carbonyl (C=O) groups excluding carboxylic acids is 2. The van der Waals surface area contributed by atoms with Gasteiger partial charge in [0.15, 0.2) is 5.82 Å². The molecule has 0 radical (unpaired) electrons. The smallest absolute Gasteiger partial charge is 0.346 e. The van der Waals surface area contributed by atoms with E-state index in [-0.39, 0.29) is 17.9 Å². The van der Waals surface area contributed by atoms with Gasteiger partial charge in [0.2, 0.25) is 0 Å². The van der Waals surface area contributed by atoms with E-state index in [9.17, 15) is 14.0 Å². The molecular formula is C28H27FN6O4. The molecule has 0 atom stereocenters. The molecular weight excluding hydrogens is 503 g/mol. The molecule has 1 fully saturated rings. The maximum atomic E-state index is 13.1. The Morgan fingerprint density at radius 3 is 2.23 bits per heavy atom. The zero-order chi connectivity index (χ0) is 27.2. The van der Waals surface area contributed by atoms with E-state index >= 15 is 0 Å². The van der Waals surface area contributed by atoms with Crippen LogP contribution < -0.4 is 20.3 Å². The topological polar surface area (TPSA) is 111 Å². The third-order valence-corrected chi connectivity index (χ3v) is 6.07. The van der Waals surface area contributed by atoms with Crippen molar-refractivity contribution >= 4 is 35.0 Å². The first-order chi connectivity index (χ1) is 18.9. The van der Waals surface area contributed by atoms with Gasteiger partial charge in [-0.3, -0.25) is 4.79 Å². The van der Waals surface area contributed by atoms with Crippen LogP contribution in [-0.2, 0) is 9.53 Å². The number of aromatic nitrogens is 3. The second-order valence-electron chi connectivity index (χ2n) is 8.98. The van der Waals surface area contributed by atoms with Gasteiger partial charge in [-0.05, 0) is 60.7 Å². The number of amides is 1. The van der Waals surface area contributed by atoms with Crippen LogP contribution in [0.4, 0.5) is 32.2 Å². The van der Waals surface area contributed by atoms with E-state index in [1.54, 1.807) is 48.8 Å². The number of pyridine rings is 1. The zero-order valence-corrected chi connectivity index (χ0v) is 21.2. The Hall–Kier alpha value is -4.93. The summed E-state index contributed by atoms with van der Waals surface area (Å²) >= 11 is 0. The van der Waals surface area contributed by atoms with E-state index in [1.807, 2.05) is 18.2 Å². The molecule has 2 aromatic heterocycles. The summed E-state index contributed by atoms with van der Waals surface area (Å²) in [4.78, 5) is 30.4. The first kappa shape index (κ1) is 25.7. The van der Waals surface area contributed by atoms with Crippen LogP contribution in [0.15, 0.2) is 79.1 Å². The predicted molar refractivity (Wildman–Crippen MR) is 144 cm³/mol. The molecule has 2 aromatic carbocycles. The fraction of sp³-hybridized carbons (Fsp3) is 0.214. The van der Waals surface area contributed by atoms with Gasteiger partial charge in [0.1, 0.15) is 29.2 Å². The standard InChI is InChI=1S/C28H27FN6O4/c1-19(36)38-25-12-15-34(16-13-25)27-11-6-22(18-30-27)32-28(37)35-17-14-26(33-35)31-21-4-9-24(10-5-21)39-23-7-2-20(29)3-8-23/h2-11,14,17-18,25H,12-13,15-16H2,1H3,(H,31,33)(H,32,37). The number of anilines is 4. The van der Waals surface area contributed by atoms with Crippen LogP contribution in [0.5, 0.6) is 11.5 Å². The minimum Gasteiger partial charge on any atom is -0.462 e. The SMILES string of the molecule is CC(=O)OC1CCN(c2ccc(NC(=O)n3ccc(Nc4ccc(Oc5ccc(F)cc5)cc4)n3)cn2)CC1. The molecule has 1 amide bonds. The van der Waals surface area contributed by atoms with Crippen molar-refractivity contribution in [3.05, 3.63) is 84.9 Å². The van der Waals surface area contributed by atoms with Crippen LogP contribution in [-0.4, -0.2) is 46.0 Å². The van der Waals surface area contributed by atoms with Crippen LogP contribution >= 0.6 is 0 Å². The van der Waals surface area contributed by atoms with Crippen LogP contribution in [0.1, 0.15) is 19.8 Å². The van der Waals surface area contributed by atoms with Gasteiger partial charge < -0.3 is 25.0 Å². The largest absolute Gasteiger partial charge is 0.462 e. The van der Waals surface area contributed by atoms with Crippen molar-refractivity contribution in [2.45, 2.75) is 25.9 Å². The first-order valence-electron chi connectivity index (χ1n) is 12.5. The molecule has 5 rings (SSSR count). The number of rotatable bonds is 7. The molecule has 10 nitrogen and oxygen atoms in total. The van der Waals surface area contributed by atoms with Crippen molar-refractivity contribution in [3.8, 4) is 11.5 Å². The average Bonchev–Trinajstić information content (AvgIpc) is 3.40. The highest BCUT2D eigenvalue weighted by atomic mass is 19.1. The molecule has 3 heterocycles. The Morgan fingerprint density at radius 1 is 0.923 bits per heavy atom. The fourth-order valence-corrected chi connectivity index (χ4v) is 4.16. The minimum atomic E-state index is -0.428. The predicted octanol–water partition coefficient (Wildman–Crippen LogP) is 5.57. The molecule has 4 aromatic rings. The maximum absolute atomic E-state index is 13.1. The number of hydrogen-bond donors (Lipinski definition) is 2. The van der Waals surface area contributed by atoms with E-state index in [0.717, 1.165) is 37.4 Å². The van der Waals surface area contributed by atoms with E-state index in [0.29, 0.717) is 23.0 Å². The molecule has 200 valence electrons. The summed E-state index contributed by atoms with van der Waals surface area (Å²) in [5.74, 6) is 1.85. The highest BCUT2D eigenvalue weighted by Gasteiger charge is 2.22. The molecule has 0 bridgehead atoms. The third kappa shape index (κ3) is 6.89. The number of nitrogens with zero attached hydrogens (tertiary/aromatic N) is 4. The molecule has 0 saturated carbocycles. The molecule has 0 unspecified atom stereocenters. The van der Waals surface area contributed by atoms with Crippen molar-refractivity contribution in [2.24, 2.45) is 0 Å². The van der Waals surface area contributed by atoms with Crippen molar-refractivity contribution in [2.75, 3.05) is 28.6 Å². The monoisotopic (exact) mass is 530 g/mol.